The molecule has 1 heterocycles. The van der Waals surface area contributed by atoms with E-state index in [1.54, 1.807) is 0 Å². The number of aliphatic imine (C=N–C) groups is 1. The maximum Gasteiger partial charge on any atom is 0.242 e. The molecule has 0 aliphatic carbocycles. The minimum Gasteiger partial charge on any atom is -0.368 e. The van der Waals surface area contributed by atoms with E-state index < -0.39 is 0 Å². The highest BCUT2D eigenvalue weighted by molar-refractivity contribution is 5.87. The standard InChI is InChI=1S/C7H13N3O/c1-5-9-6(7(8)11)3-4-10(5)2/h6H,3-4H2,1-2H3,(H2,8,11)/t6-/m0/s1. The number of primary amides is 1. The number of hydrogen-bond donors (Lipinski definition) is 1. The lowest BCUT2D eigenvalue weighted by Gasteiger charge is -2.26. The predicted octanol–water partition coefficient (Wildman–Crippen LogP) is -0.406. The van der Waals surface area contributed by atoms with E-state index in [0.717, 1.165) is 18.8 Å². The smallest absolute Gasteiger partial charge is 0.242 e. The summed E-state index contributed by atoms with van der Waals surface area (Å²) >= 11 is 0. The topological polar surface area (TPSA) is 58.7 Å². The van der Waals surface area contributed by atoms with E-state index in [0.29, 0.717) is 0 Å². The van der Waals surface area contributed by atoms with Gasteiger partial charge in [-0.15, -0.1) is 0 Å². The van der Waals surface area contributed by atoms with Gasteiger partial charge in [-0.2, -0.15) is 0 Å². The van der Waals surface area contributed by atoms with Crippen LogP contribution in [0.1, 0.15) is 13.3 Å². The van der Waals surface area contributed by atoms with Gasteiger partial charge < -0.3 is 10.6 Å². The van der Waals surface area contributed by atoms with E-state index in [9.17, 15) is 4.79 Å². The average Bonchev–Trinajstić information content (AvgIpc) is 1.94. The molecule has 0 aromatic rings. The first-order valence-corrected chi connectivity index (χ1v) is 3.66. The molecule has 2 N–H and O–H groups in total. The lowest BCUT2D eigenvalue weighted by atomic mass is 10.1. The van der Waals surface area contributed by atoms with Gasteiger partial charge in [-0.05, 0) is 13.3 Å². The maximum absolute atomic E-state index is 10.7. The minimum atomic E-state index is -0.322. The highest BCUT2D eigenvalue weighted by Crippen LogP contribution is 2.07. The van der Waals surface area contributed by atoms with Crippen LogP contribution in [0, 0.1) is 0 Å². The van der Waals surface area contributed by atoms with Gasteiger partial charge in [0, 0.05) is 13.6 Å². The van der Waals surface area contributed by atoms with E-state index in [1.807, 2.05) is 18.9 Å². The van der Waals surface area contributed by atoms with Crippen molar-refractivity contribution in [1.82, 2.24) is 4.90 Å². The largest absolute Gasteiger partial charge is 0.368 e. The zero-order valence-electron chi connectivity index (χ0n) is 6.87. The van der Waals surface area contributed by atoms with Crippen LogP contribution < -0.4 is 5.73 Å². The number of nitrogens with two attached hydrogens (primary N) is 1. The molecule has 0 saturated heterocycles. The monoisotopic (exact) mass is 155 g/mol. The molecule has 0 bridgehead atoms. The lowest BCUT2D eigenvalue weighted by molar-refractivity contribution is -0.119. The molecule has 1 atom stereocenters. The predicted molar refractivity (Wildman–Crippen MR) is 43.3 cm³/mol. The summed E-state index contributed by atoms with van der Waals surface area (Å²) in [7, 11) is 1.95. The van der Waals surface area contributed by atoms with Crippen molar-refractivity contribution in [2.75, 3.05) is 13.6 Å². The van der Waals surface area contributed by atoms with Crippen LogP contribution in [0.5, 0.6) is 0 Å². The molecular formula is C7H13N3O. The van der Waals surface area contributed by atoms with Crippen molar-refractivity contribution in [3.63, 3.8) is 0 Å². The van der Waals surface area contributed by atoms with Gasteiger partial charge in [-0.3, -0.25) is 9.79 Å². The molecule has 0 fully saturated rings. The van der Waals surface area contributed by atoms with Crippen LogP contribution >= 0.6 is 0 Å². The third kappa shape index (κ3) is 1.69. The van der Waals surface area contributed by atoms with Crippen molar-refractivity contribution in [3.05, 3.63) is 0 Å². The fraction of sp³-hybridized carbons (Fsp3) is 0.714. The second kappa shape index (κ2) is 2.90. The molecule has 62 valence electrons. The molecule has 4 nitrogen and oxygen atoms in total. The van der Waals surface area contributed by atoms with Crippen molar-refractivity contribution >= 4 is 11.7 Å². The van der Waals surface area contributed by atoms with Crippen LogP contribution in [0.3, 0.4) is 0 Å². The summed E-state index contributed by atoms with van der Waals surface area (Å²) in [6, 6.07) is -0.300. The SMILES string of the molecule is CC1=N[C@H](C(N)=O)CCN1C. The molecule has 0 unspecified atom stereocenters. The third-order valence-electron chi connectivity index (χ3n) is 1.96. The van der Waals surface area contributed by atoms with Gasteiger partial charge in [0.25, 0.3) is 0 Å². The van der Waals surface area contributed by atoms with Crippen molar-refractivity contribution in [3.8, 4) is 0 Å². The molecule has 1 aliphatic heterocycles. The molecule has 1 rings (SSSR count). The Morgan fingerprint density at radius 1 is 1.82 bits per heavy atom. The third-order valence-corrected chi connectivity index (χ3v) is 1.96. The number of rotatable bonds is 1. The summed E-state index contributed by atoms with van der Waals surface area (Å²) in [5.74, 6) is 0.567. The average molecular weight is 155 g/mol. The highest BCUT2D eigenvalue weighted by Gasteiger charge is 2.19. The maximum atomic E-state index is 10.7. The first kappa shape index (κ1) is 8.04. The van der Waals surface area contributed by atoms with Crippen LogP contribution in [-0.2, 0) is 4.79 Å². The quantitative estimate of drug-likeness (QED) is 0.560. The first-order chi connectivity index (χ1) is 5.11. The van der Waals surface area contributed by atoms with E-state index in [1.165, 1.54) is 0 Å². The summed E-state index contributed by atoms with van der Waals surface area (Å²) in [5, 5.41) is 0. The molecule has 0 saturated carbocycles. The lowest BCUT2D eigenvalue weighted by Crippen LogP contribution is -2.39. The molecular weight excluding hydrogens is 142 g/mol. The molecule has 0 aromatic heterocycles. The molecule has 11 heavy (non-hydrogen) atoms. The Hall–Kier alpha value is -1.06. The number of amidine groups is 1. The van der Waals surface area contributed by atoms with Crippen LogP contribution in [0.4, 0.5) is 0 Å². The van der Waals surface area contributed by atoms with Crippen LogP contribution in [-0.4, -0.2) is 36.3 Å². The zero-order valence-corrected chi connectivity index (χ0v) is 6.87. The Labute approximate surface area is 66.1 Å². The number of carbonyl (C=O) groups is 1. The Kier molecular flexibility index (Phi) is 2.12. The first-order valence-electron chi connectivity index (χ1n) is 3.66. The van der Waals surface area contributed by atoms with Gasteiger partial charge in [-0.1, -0.05) is 0 Å². The van der Waals surface area contributed by atoms with E-state index in [-0.39, 0.29) is 11.9 Å². The minimum absolute atomic E-state index is 0.300. The fourth-order valence-electron chi connectivity index (χ4n) is 1.07. The summed E-state index contributed by atoms with van der Waals surface area (Å²) in [5.41, 5.74) is 5.11. The summed E-state index contributed by atoms with van der Waals surface area (Å²) < 4.78 is 0. The van der Waals surface area contributed by atoms with Crippen LogP contribution in [0.2, 0.25) is 0 Å². The Balaban J connectivity index is 2.69. The number of hydrogen-bond acceptors (Lipinski definition) is 3. The summed E-state index contributed by atoms with van der Waals surface area (Å²) in [6.07, 6.45) is 0.739. The summed E-state index contributed by atoms with van der Waals surface area (Å²) in [4.78, 5) is 16.8. The normalized spacial score (nSPS) is 24.7. The van der Waals surface area contributed by atoms with Gasteiger partial charge in [0.2, 0.25) is 5.91 Å². The molecule has 0 radical (unpaired) electrons. The van der Waals surface area contributed by atoms with Crippen molar-refractivity contribution in [2.24, 2.45) is 10.7 Å². The van der Waals surface area contributed by atoms with Gasteiger partial charge >= 0.3 is 0 Å². The van der Waals surface area contributed by atoms with Gasteiger partial charge in [-0.25, -0.2) is 0 Å². The summed E-state index contributed by atoms with van der Waals surface area (Å²) in [6.45, 7) is 2.75. The van der Waals surface area contributed by atoms with E-state index >= 15 is 0 Å². The Morgan fingerprint density at radius 2 is 2.45 bits per heavy atom. The van der Waals surface area contributed by atoms with Crippen molar-refractivity contribution < 1.29 is 4.79 Å². The Morgan fingerprint density at radius 3 is 2.91 bits per heavy atom. The molecule has 1 amide bonds. The van der Waals surface area contributed by atoms with E-state index in [2.05, 4.69) is 4.99 Å². The second-order valence-corrected chi connectivity index (χ2v) is 2.80. The highest BCUT2D eigenvalue weighted by atomic mass is 16.1. The Bertz CT molecular complexity index is 200. The molecule has 0 spiro atoms. The fourth-order valence-corrected chi connectivity index (χ4v) is 1.07. The van der Waals surface area contributed by atoms with Crippen LogP contribution in [0.25, 0.3) is 0 Å². The van der Waals surface area contributed by atoms with E-state index in [4.69, 9.17) is 5.73 Å². The number of carbonyl (C=O) groups excluding carboxylic acids is 1. The number of nitrogens with zero attached hydrogens (tertiary/aromatic N) is 2. The zero-order chi connectivity index (χ0) is 8.43. The molecule has 0 aromatic carbocycles. The molecule has 4 heteroatoms. The van der Waals surface area contributed by atoms with Gasteiger partial charge in [0.15, 0.2) is 0 Å². The number of amides is 1. The van der Waals surface area contributed by atoms with Crippen molar-refractivity contribution in [1.29, 1.82) is 0 Å². The van der Waals surface area contributed by atoms with Gasteiger partial charge in [0.1, 0.15) is 6.04 Å². The van der Waals surface area contributed by atoms with Crippen LogP contribution in [0.15, 0.2) is 4.99 Å². The second-order valence-electron chi connectivity index (χ2n) is 2.80. The van der Waals surface area contributed by atoms with Gasteiger partial charge in [0.05, 0.1) is 5.84 Å². The van der Waals surface area contributed by atoms with Crippen molar-refractivity contribution in [2.45, 2.75) is 19.4 Å². The molecule has 1 aliphatic rings.